The Balaban J connectivity index is 1.85. The van der Waals surface area contributed by atoms with Crippen LogP contribution in [0.3, 0.4) is 0 Å². The molecule has 1 aliphatic rings. The molecule has 5 nitrogen and oxygen atoms in total. The highest BCUT2D eigenvalue weighted by Gasteiger charge is 2.41. The molecule has 1 N–H and O–H groups in total. The second kappa shape index (κ2) is 10.1. The predicted octanol–water partition coefficient (Wildman–Crippen LogP) is 3.85. The van der Waals surface area contributed by atoms with Crippen molar-refractivity contribution < 1.29 is 31.9 Å². The van der Waals surface area contributed by atoms with Crippen molar-refractivity contribution in [3.05, 3.63) is 71.0 Å². The summed E-state index contributed by atoms with van der Waals surface area (Å²) in [4.78, 5) is 27.2. The first-order valence-electron chi connectivity index (χ1n) is 10.2. The van der Waals surface area contributed by atoms with Crippen molar-refractivity contribution in [1.29, 1.82) is 0 Å². The van der Waals surface area contributed by atoms with E-state index >= 15 is 0 Å². The Bertz CT molecular complexity index is 947. The van der Waals surface area contributed by atoms with Crippen LogP contribution in [0.1, 0.15) is 33.8 Å². The highest BCUT2D eigenvalue weighted by atomic mass is 19.4. The Labute approximate surface area is 183 Å². The van der Waals surface area contributed by atoms with Gasteiger partial charge in [0.05, 0.1) is 11.5 Å². The molecular formula is C23H24F4N2O3. The standard InChI is InChI=1S/C23H24F4N2O3/c1-32-11-3-10-28-21(30)20-14-29(22(31)15-6-8-18(24)9-7-15)13-19(20)16-4-2-5-17(12-16)23(25,26)27/h2,4-9,12,19-20H,3,10-11,13-14H2,1H3,(H,28,30). The minimum Gasteiger partial charge on any atom is -0.385 e. The summed E-state index contributed by atoms with van der Waals surface area (Å²) in [7, 11) is 1.54. The molecule has 9 heteroatoms. The van der Waals surface area contributed by atoms with Crippen molar-refractivity contribution in [3.63, 3.8) is 0 Å². The average Bonchev–Trinajstić information content (AvgIpc) is 3.22. The molecule has 2 amide bonds. The smallest absolute Gasteiger partial charge is 0.385 e. The van der Waals surface area contributed by atoms with Crippen molar-refractivity contribution in [2.24, 2.45) is 5.92 Å². The van der Waals surface area contributed by atoms with E-state index in [0.717, 1.165) is 24.3 Å². The van der Waals surface area contributed by atoms with Crippen LogP contribution in [0.2, 0.25) is 0 Å². The van der Waals surface area contributed by atoms with Crippen LogP contribution in [0.4, 0.5) is 17.6 Å². The predicted molar refractivity (Wildman–Crippen MR) is 109 cm³/mol. The SMILES string of the molecule is COCCCNC(=O)C1CN(C(=O)c2ccc(F)cc2)CC1c1cccc(C(F)(F)F)c1. The molecule has 1 aliphatic heterocycles. The first-order valence-corrected chi connectivity index (χ1v) is 10.2. The van der Waals surface area contributed by atoms with Gasteiger partial charge in [0.1, 0.15) is 5.82 Å². The van der Waals surface area contributed by atoms with Gasteiger partial charge in [0.2, 0.25) is 5.91 Å². The lowest BCUT2D eigenvalue weighted by Gasteiger charge is -2.19. The van der Waals surface area contributed by atoms with E-state index < -0.39 is 35.3 Å². The van der Waals surface area contributed by atoms with E-state index in [9.17, 15) is 27.2 Å². The topological polar surface area (TPSA) is 58.6 Å². The summed E-state index contributed by atoms with van der Waals surface area (Å²) in [5.41, 5.74) is -0.223. The van der Waals surface area contributed by atoms with Gasteiger partial charge >= 0.3 is 6.18 Å². The number of likely N-dealkylation sites (tertiary alicyclic amines) is 1. The summed E-state index contributed by atoms with van der Waals surface area (Å²) in [6.07, 6.45) is -3.93. The van der Waals surface area contributed by atoms with Gasteiger partial charge in [-0.15, -0.1) is 0 Å². The third-order valence-electron chi connectivity index (χ3n) is 5.50. The number of methoxy groups -OCH3 is 1. The lowest BCUT2D eigenvalue weighted by molar-refractivity contribution is -0.137. The molecule has 2 aromatic rings. The summed E-state index contributed by atoms with van der Waals surface area (Å²) >= 11 is 0. The number of alkyl halides is 3. The second-order valence-corrected chi connectivity index (χ2v) is 7.69. The Morgan fingerprint density at radius 2 is 1.84 bits per heavy atom. The van der Waals surface area contributed by atoms with Crippen LogP contribution in [0.25, 0.3) is 0 Å². The third-order valence-corrected chi connectivity index (χ3v) is 5.50. The summed E-state index contributed by atoms with van der Waals surface area (Å²) < 4.78 is 57.8. The van der Waals surface area contributed by atoms with Gasteiger partial charge < -0.3 is 15.0 Å². The van der Waals surface area contributed by atoms with Crippen molar-refractivity contribution in [2.45, 2.75) is 18.5 Å². The summed E-state index contributed by atoms with van der Waals surface area (Å²) in [5.74, 6) is -2.55. The van der Waals surface area contributed by atoms with Gasteiger partial charge in [-0.1, -0.05) is 18.2 Å². The Kier molecular flexibility index (Phi) is 7.50. The van der Waals surface area contributed by atoms with Gasteiger partial charge in [0, 0.05) is 44.8 Å². The number of amides is 2. The highest BCUT2D eigenvalue weighted by molar-refractivity contribution is 5.95. The molecule has 32 heavy (non-hydrogen) atoms. The molecule has 0 radical (unpaired) electrons. The number of carbonyl (C=O) groups is 2. The lowest BCUT2D eigenvalue weighted by atomic mass is 9.87. The van der Waals surface area contributed by atoms with Gasteiger partial charge in [0.25, 0.3) is 5.91 Å². The molecule has 0 aliphatic carbocycles. The number of nitrogens with zero attached hydrogens (tertiary/aromatic N) is 1. The number of carbonyl (C=O) groups excluding carboxylic acids is 2. The molecule has 1 saturated heterocycles. The maximum Gasteiger partial charge on any atom is 0.416 e. The zero-order valence-electron chi connectivity index (χ0n) is 17.5. The molecule has 2 atom stereocenters. The van der Waals surface area contributed by atoms with E-state index in [2.05, 4.69) is 5.32 Å². The van der Waals surface area contributed by atoms with Gasteiger partial charge in [-0.25, -0.2) is 4.39 Å². The van der Waals surface area contributed by atoms with Crippen molar-refractivity contribution in [1.82, 2.24) is 10.2 Å². The fourth-order valence-electron chi connectivity index (χ4n) is 3.85. The minimum atomic E-state index is -4.52. The number of ether oxygens (including phenoxy) is 1. The monoisotopic (exact) mass is 452 g/mol. The van der Waals surface area contributed by atoms with Gasteiger partial charge in [0.15, 0.2) is 0 Å². The van der Waals surface area contributed by atoms with Gasteiger partial charge in [-0.2, -0.15) is 13.2 Å². The number of hydrogen-bond donors (Lipinski definition) is 1. The molecule has 0 saturated carbocycles. The molecule has 0 aromatic heterocycles. The fourth-order valence-corrected chi connectivity index (χ4v) is 3.85. The molecule has 2 aromatic carbocycles. The largest absolute Gasteiger partial charge is 0.416 e. The van der Waals surface area contributed by atoms with Crippen LogP contribution < -0.4 is 5.32 Å². The van der Waals surface area contributed by atoms with E-state index in [0.29, 0.717) is 25.1 Å². The number of rotatable bonds is 7. The Hall–Kier alpha value is -2.94. The number of hydrogen-bond acceptors (Lipinski definition) is 3. The second-order valence-electron chi connectivity index (χ2n) is 7.69. The molecule has 172 valence electrons. The zero-order chi connectivity index (χ0) is 23.3. The normalized spacial score (nSPS) is 18.6. The number of halogens is 4. The molecule has 3 rings (SSSR count). The molecular weight excluding hydrogens is 428 g/mol. The Morgan fingerprint density at radius 3 is 2.50 bits per heavy atom. The third kappa shape index (κ3) is 5.64. The van der Waals surface area contributed by atoms with Crippen LogP contribution in [-0.2, 0) is 15.7 Å². The van der Waals surface area contributed by atoms with Crippen molar-refractivity contribution >= 4 is 11.8 Å². The van der Waals surface area contributed by atoms with Crippen molar-refractivity contribution in [3.8, 4) is 0 Å². The quantitative estimate of drug-likeness (QED) is 0.513. The Morgan fingerprint density at radius 1 is 1.12 bits per heavy atom. The zero-order valence-corrected chi connectivity index (χ0v) is 17.5. The summed E-state index contributed by atoms with van der Waals surface area (Å²) in [6.45, 7) is 0.933. The van der Waals surface area contributed by atoms with Gasteiger partial charge in [-0.05, 0) is 42.3 Å². The van der Waals surface area contributed by atoms with Gasteiger partial charge in [-0.3, -0.25) is 9.59 Å². The van der Waals surface area contributed by atoms with E-state index in [-0.39, 0.29) is 24.6 Å². The van der Waals surface area contributed by atoms with Crippen LogP contribution in [0.5, 0.6) is 0 Å². The molecule has 2 unspecified atom stereocenters. The fraction of sp³-hybridized carbons (Fsp3) is 0.391. The van der Waals surface area contributed by atoms with Crippen LogP contribution in [0.15, 0.2) is 48.5 Å². The van der Waals surface area contributed by atoms with E-state index in [4.69, 9.17) is 4.74 Å². The molecule has 0 bridgehead atoms. The van der Waals surface area contributed by atoms with Crippen molar-refractivity contribution in [2.75, 3.05) is 33.4 Å². The average molecular weight is 452 g/mol. The molecule has 1 fully saturated rings. The molecule has 1 heterocycles. The van der Waals surface area contributed by atoms with E-state index in [1.807, 2.05) is 0 Å². The van der Waals surface area contributed by atoms with E-state index in [1.165, 1.54) is 29.2 Å². The van der Waals surface area contributed by atoms with Crippen LogP contribution >= 0.6 is 0 Å². The first-order chi connectivity index (χ1) is 15.2. The van der Waals surface area contributed by atoms with Crippen LogP contribution in [0, 0.1) is 11.7 Å². The molecule has 0 spiro atoms. The summed E-state index contributed by atoms with van der Waals surface area (Å²) in [5, 5.41) is 2.78. The minimum absolute atomic E-state index is 0.0488. The maximum atomic E-state index is 13.2. The highest BCUT2D eigenvalue weighted by Crippen LogP contribution is 2.37. The van der Waals surface area contributed by atoms with E-state index in [1.54, 1.807) is 7.11 Å². The lowest BCUT2D eigenvalue weighted by Crippen LogP contribution is -2.36. The van der Waals surface area contributed by atoms with Crippen LogP contribution in [-0.4, -0.2) is 50.1 Å². The maximum absolute atomic E-state index is 13.2. The summed E-state index contributed by atoms with van der Waals surface area (Å²) in [6, 6.07) is 9.85. The number of benzene rings is 2. The first kappa shape index (κ1) is 23.7. The number of nitrogens with one attached hydrogen (secondary N) is 1.